The summed E-state index contributed by atoms with van der Waals surface area (Å²) in [5.41, 5.74) is 4.02. The smallest absolute Gasteiger partial charge is 0.0728 e. The van der Waals surface area contributed by atoms with Gasteiger partial charge in [0, 0.05) is 23.8 Å². The van der Waals surface area contributed by atoms with E-state index in [1.165, 1.54) is 15.6 Å². The second-order valence-electron chi connectivity index (χ2n) is 5.48. The third kappa shape index (κ3) is 3.66. The van der Waals surface area contributed by atoms with Crippen molar-refractivity contribution < 1.29 is 4.74 Å². The molecule has 1 atom stereocenters. The molecule has 0 aliphatic heterocycles. The fraction of sp³-hybridized carbons (Fsp3) is 0.438. The lowest BCUT2D eigenvalue weighted by atomic mass is 9.88. The number of fused-ring (bicyclic) bond motifs is 1. The minimum atomic E-state index is 0.485. The van der Waals surface area contributed by atoms with Crippen LogP contribution in [-0.4, -0.2) is 29.5 Å². The number of hydrogen-bond acceptors (Lipinski definition) is 3. The van der Waals surface area contributed by atoms with E-state index < -0.39 is 0 Å². The molecule has 0 radical (unpaired) electrons. The van der Waals surface area contributed by atoms with Gasteiger partial charge in [-0.3, -0.25) is 4.68 Å². The molecule has 0 bridgehead atoms. The second kappa shape index (κ2) is 6.62. The standard InChI is InChI=1S/C16H20BrN3O/c1-21-7-6-20-11-16(10-18-20)19-15-5-3-12-8-14(17)4-2-13(12)9-15/h2,4,8,10-11,15,19H,3,5-7,9H2,1H3. The van der Waals surface area contributed by atoms with Crippen LogP contribution in [0.5, 0.6) is 0 Å². The van der Waals surface area contributed by atoms with Crippen molar-refractivity contribution in [1.82, 2.24) is 9.78 Å². The van der Waals surface area contributed by atoms with Crippen LogP contribution in [0.3, 0.4) is 0 Å². The number of anilines is 1. The zero-order chi connectivity index (χ0) is 14.7. The number of hydrogen-bond donors (Lipinski definition) is 1. The minimum absolute atomic E-state index is 0.485. The molecule has 0 saturated carbocycles. The largest absolute Gasteiger partial charge is 0.383 e. The van der Waals surface area contributed by atoms with Gasteiger partial charge in [-0.1, -0.05) is 22.0 Å². The summed E-state index contributed by atoms with van der Waals surface area (Å²) in [6, 6.07) is 7.09. The molecule has 112 valence electrons. The number of halogens is 1. The van der Waals surface area contributed by atoms with Crippen LogP contribution in [0.15, 0.2) is 35.1 Å². The average Bonchev–Trinajstić information content (AvgIpc) is 2.93. The quantitative estimate of drug-likeness (QED) is 0.900. The van der Waals surface area contributed by atoms with Gasteiger partial charge in [-0.2, -0.15) is 5.10 Å². The van der Waals surface area contributed by atoms with Crippen molar-refractivity contribution in [2.45, 2.75) is 31.8 Å². The number of aryl methyl sites for hydroxylation is 1. The van der Waals surface area contributed by atoms with E-state index in [1.807, 2.05) is 10.9 Å². The molecule has 1 N–H and O–H groups in total. The number of nitrogens with one attached hydrogen (secondary N) is 1. The van der Waals surface area contributed by atoms with Crippen molar-refractivity contribution >= 4 is 21.6 Å². The Morgan fingerprint density at radius 1 is 1.43 bits per heavy atom. The van der Waals surface area contributed by atoms with Gasteiger partial charge in [-0.25, -0.2) is 0 Å². The average molecular weight is 350 g/mol. The molecule has 1 aliphatic rings. The van der Waals surface area contributed by atoms with Gasteiger partial charge in [0.2, 0.25) is 0 Å². The zero-order valence-corrected chi connectivity index (χ0v) is 13.8. The Kier molecular flexibility index (Phi) is 4.60. The molecule has 0 amide bonds. The monoisotopic (exact) mass is 349 g/mol. The Hall–Kier alpha value is -1.33. The topological polar surface area (TPSA) is 39.1 Å². The number of ether oxygens (including phenoxy) is 1. The summed E-state index contributed by atoms with van der Waals surface area (Å²) in [6.07, 6.45) is 7.31. The van der Waals surface area contributed by atoms with Crippen molar-refractivity contribution in [1.29, 1.82) is 0 Å². The summed E-state index contributed by atoms with van der Waals surface area (Å²) in [4.78, 5) is 0. The van der Waals surface area contributed by atoms with E-state index in [-0.39, 0.29) is 0 Å². The molecule has 0 saturated heterocycles. The summed E-state index contributed by atoms with van der Waals surface area (Å²) in [6.45, 7) is 1.48. The Morgan fingerprint density at radius 2 is 2.33 bits per heavy atom. The van der Waals surface area contributed by atoms with Gasteiger partial charge in [0.25, 0.3) is 0 Å². The molecule has 5 heteroatoms. The molecule has 1 aromatic carbocycles. The summed E-state index contributed by atoms with van der Waals surface area (Å²) >= 11 is 3.55. The van der Waals surface area contributed by atoms with Crippen LogP contribution in [0.4, 0.5) is 5.69 Å². The first-order valence-corrected chi connectivity index (χ1v) is 8.09. The molecule has 4 nitrogen and oxygen atoms in total. The molecule has 1 heterocycles. The SMILES string of the molecule is COCCn1cc(NC2CCc3cc(Br)ccc3C2)cn1. The first kappa shape index (κ1) is 14.6. The van der Waals surface area contributed by atoms with E-state index in [4.69, 9.17) is 4.74 Å². The van der Waals surface area contributed by atoms with E-state index in [9.17, 15) is 0 Å². The van der Waals surface area contributed by atoms with Gasteiger partial charge in [0.15, 0.2) is 0 Å². The lowest BCUT2D eigenvalue weighted by molar-refractivity contribution is 0.183. The highest BCUT2D eigenvalue weighted by Crippen LogP contribution is 2.26. The van der Waals surface area contributed by atoms with Gasteiger partial charge in [-0.05, 0) is 42.5 Å². The predicted molar refractivity (Wildman–Crippen MR) is 87.7 cm³/mol. The second-order valence-corrected chi connectivity index (χ2v) is 6.40. The van der Waals surface area contributed by atoms with Crippen molar-refractivity contribution in [2.75, 3.05) is 19.0 Å². The van der Waals surface area contributed by atoms with Crippen LogP contribution in [0.25, 0.3) is 0 Å². The van der Waals surface area contributed by atoms with E-state index in [1.54, 1.807) is 7.11 Å². The summed E-state index contributed by atoms with van der Waals surface area (Å²) in [5, 5.41) is 7.94. The zero-order valence-electron chi connectivity index (χ0n) is 12.2. The lowest BCUT2D eigenvalue weighted by Gasteiger charge is -2.26. The number of rotatable bonds is 5. The number of aromatic nitrogens is 2. The molecule has 1 aliphatic carbocycles. The first-order valence-electron chi connectivity index (χ1n) is 7.30. The molecule has 0 fully saturated rings. The summed E-state index contributed by atoms with van der Waals surface area (Å²) < 4.78 is 8.16. The van der Waals surface area contributed by atoms with Crippen molar-refractivity contribution in [2.24, 2.45) is 0 Å². The Morgan fingerprint density at radius 3 is 3.19 bits per heavy atom. The van der Waals surface area contributed by atoms with Gasteiger partial charge < -0.3 is 10.1 Å². The summed E-state index contributed by atoms with van der Waals surface area (Å²) in [7, 11) is 1.71. The molecule has 2 aromatic rings. The van der Waals surface area contributed by atoms with Crippen LogP contribution in [-0.2, 0) is 24.1 Å². The first-order chi connectivity index (χ1) is 10.2. The number of benzene rings is 1. The van der Waals surface area contributed by atoms with E-state index in [0.717, 1.165) is 31.5 Å². The fourth-order valence-electron chi connectivity index (χ4n) is 2.83. The van der Waals surface area contributed by atoms with Crippen molar-refractivity contribution in [3.8, 4) is 0 Å². The van der Waals surface area contributed by atoms with Crippen LogP contribution >= 0.6 is 15.9 Å². The molecular weight excluding hydrogens is 330 g/mol. The molecular formula is C16H20BrN3O. The molecule has 21 heavy (non-hydrogen) atoms. The van der Waals surface area contributed by atoms with E-state index >= 15 is 0 Å². The molecule has 1 aromatic heterocycles. The van der Waals surface area contributed by atoms with Crippen LogP contribution in [0, 0.1) is 0 Å². The highest BCUT2D eigenvalue weighted by Gasteiger charge is 2.18. The van der Waals surface area contributed by atoms with Crippen LogP contribution < -0.4 is 5.32 Å². The number of methoxy groups -OCH3 is 1. The van der Waals surface area contributed by atoms with Gasteiger partial charge in [0.05, 0.1) is 25.0 Å². The maximum Gasteiger partial charge on any atom is 0.0728 e. The predicted octanol–water partition coefficient (Wildman–Crippen LogP) is 3.26. The Labute approximate surface area is 133 Å². The molecule has 0 spiro atoms. The Bertz CT molecular complexity index is 611. The Balaban J connectivity index is 1.61. The van der Waals surface area contributed by atoms with Gasteiger partial charge >= 0.3 is 0 Å². The molecule has 3 rings (SSSR count). The third-order valence-corrected chi connectivity index (χ3v) is 4.42. The minimum Gasteiger partial charge on any atom is -0.383 e. The van der Waals surface area contributed by atoms with E-state index in [2.05, 4.69) is 50.7 Å². The highest BCUT2D eigenvalue weighted by molar-refractivity contribution is 9.10. The third-order valence-electron chi connectivity index (χ3n) is 3.93. The maximum absolute atomic E-state index is 5.07. The summed E-state index contributed by atoms with van der Waals surface area (Å²) in [5.74, 6) is 0. The maximum atomic E-state index is 5.07. The van der Waals surface area contributed by atoms with Gasteiger partial charge in [0.1, 0.15) is 0 Å². The van der Waals surface area contributed by atoms with Gasteiger partial charge in [-0.15, -0.1) is 0 Å². The van der Waals surface area contributed by atoms with E-state index in [0.29, 0.717) is 12.6 Å². The van der Waals surface area contributed by atoms with Crippen molar-refractivity contribution in [3.63, 3.8) is 0 Å². The van der Waals surface area contributed by atoms with Crippen LogP contribution in [0.1, 0.15) is 17.5 Å². The normalized spacial score (nSPS) is 17.5. The van der Waals surface area contributed by atoms with Crippen LogP contribution in [0.2, 0.25) is 0 Å². The molecule has 1 unspecified atom stereocenters. The fourth-order valence-corrected chi connectivity index (χ4v) is 3.24. The number of nitrogens with zero attached hydrogens (tertiary/aromatic N) is 2. The lowest BCUT2D eigenvalue weighted by Crippen LogP contribution is -2.27. The highest BCUT2D eigenvalue weighted by atomic mass is 79.9. The van der Waals surface area contributed by atoms with Crippen molar-refractivity contribution in [3.05, 3.63) is 46.2 Å².